The van der Waals surface area contributed by atoms with E-state index in [9.17, 15) is 9.59 Å². The quantitative estimate of drug-likeness (QED) is 0.309. The Morgan fingerprint density at radius 2 is 1.28 bits per heavy atom. The van der Waals surface area contributed by atoms with E-state index in [4.69, 9.17) is 14.2 Å². The second kappa shape index (κ2) is 12.1. The molecular weight excluding hydrogens is 523 g/mol. The number of hydrogen-bond acceptors (Lipinski definition) is 6. The first kappa shape index (κ1) is 26.0. The minimum atomic E-state index is -0.373. The first-order valence-electron chi connectivity index (χ1n) is 10.6. The van der Waals surface area contributed by atoms with Crippen LogP contribution in [0.15, 0.2) is 36.4 Å². The summed E-state index contributed by atoms with van der Waals surface area (Å²) in [6.07, 6.45) is 2.55. The summed E-state index contributed by atoms with van der Waals surface area (Å²) < 4.78 is 21.7. The molecule has 0 aromatic heterocycles. The molecule has 0 N–H and O–H groups in total. The molecule has 0 unspecified atom stereocenters. The highest BCUT2D eigenvalue weighted by Crippen LogP contribution is 2.41. The maximum Gasteiger partial charge on any atom is 0.341 e. The summed E-state index contributed by atoms with van der Waals surface area (Å²) in [5.41, 5.74) is 2.23. The smallest absolute Gasteiger partial charge is 0.341 e. The number of halogens is 1. The highest BCUT2D eigenvalue weighted by Gasteiger charge is 2.25. The Bertz CT molecular complexity index is 934. The van der Waals surface area contributed by atoms with Crippen LogP contribution in [0.5, 0.6) is 11.5 Å². The number of hydrogen-bond donors (Lipinski definition) is 0. The predicted octanol–water partition coefficient (Wildman–Crippen LogP) is 6.00. The summed E-state index contributed by atoms with van der Waals surface area (Å²) >= 11 is 2.17. The number of carbonyl (C=O) groups is 2. The van der Waals surface area contributed by atoms with E-state index in [0.717, 1.165) is 3.57 Å². The summed E-state index contributed by atoms with van der Waals surface area (Å²) in [5.74, 6) is 1.14. The van der Waals surface area contributed by atoms with Crippen LogP contribution in [0, 0.1) is 3.57 Å². The standard InChI is InChI=1S/C14H18O3.C11H13IO3/c1-9(2)17-13-8-11(10-4-5-10)6-7-12(13)14(15)16-3;1-7(2)15-10-6-8(12)4-5-9(10)11(13)14-3/h6-10H,4-5H2,1-3H3;4-7H,1-3H3. The average Bonchev–Trinajstić information content (AvgIpc) is 3.58. The van der Waals surface area contributed by atoms with Crippen molar-refractivity contribution in [2.45, 2.75) is 58.7 Å². The molecule has 2 aromatic carbocycles. The van der Waals surface area contributed by atoms with Gasteiger partial charge in [0, 0.05) is 3.57 Å². The third kappa shape index (κ3) is 7.69. The van der Waals surface area contributed by atoms with Gasteiger partial charge in [-0.3, -0.25) is 0 Å². The van der Waals surface area contributed by atoms with Crippen molar-refractivity contribution >= 4 is 34.5 Å². The molecule has 0 spiro atoms. The first-order chi connectivity index (χ1) is 15.2. The molecule has 32 heavy (non-hydrogen) atoms. The van der Waals surface area contributed by atoms with Crippen molar-refractivity contribution < 1.29 is 28.5 Å². The molecule has 0 amide bonds. The van der Waals surface area contributed by atoms with Gasteiger partial charge >= 0.3 is 11.9 Å². The maximum atomic E-state index is 11.6. The number of ether oxygens (including phenoxy) is 4. The highest BCUT2D eigenvalue weighted by molar-refractivity contribution is 14.1. The molecule has 1 saturated carbocycles. The van der Waals surface area contributed by atoms with Crippen molar-refractivity contribution in [1.29, 1.82) is 0 Å². The molecule has 2 aromatic rings. The topological polar surface area (TPSA) is 71.1 Å². The zero-order chi connectivity index (χ0) is 23.8. The van der Waals surface area contributed by atoms with Crippen LogP contribution in [0.4, 0.5) is 0 Å². The molecule has 0 saturated heterocycles. The molecule has 0 radical (unpaired) electrons. The average molecular weight is 554 g/mol. The maximum absolute atomic E-state index is 11.6. The van der Waals surface area contributed by atoms with Gasteiger partial charge in [0.1, 0.15) is 22.6 Å². The fourth-order valence-corrected chi connectivity index (χ4v) is 3.43. The molecule has 0 aliphatic heterocycles. The van der Waals surface area contributed by atoms with Crippen LogP contribution in [-0.4, -0.2) is 38.4 Å². The number of rotatable bonds is 7. The van der Waals surface area contributed by atoms with Crippen LogP contribution in [0.1, 0.15) is 72.7 Å². The fourth-order valence-electron chi connectivity index (χ4n) is 2.97. The van der Waals surface area contributed by atoms with E-state index < -0.39 is 0 Å². The van der Waals surface area contributed by atoms with E-state index in [-0.39, 0.29) is 24.1 Å². The minimum Gasteiger partial charge on any atom is -0.490 e. The Balaban J connectivity index is 0.000000229. The van der Waals surface area contributed by atoms with Crippen LogP contribution in [0.3, 0.4) is 0 Å². The summed E-state index contributed by atoms with van der Waals surface area (Å²) in [6.45, 7) is 7.73. The van der Waals surface area contributed by atoms with E-state index >= 15 is 0 Å². The normalized spacial score (nSPS) is 12.7. The van der Waals surface area contributed by atoms with Crippen LogP contribution in [0.25, 0.3) is 0 Å². The van der Waals surface area contributed by atoms with Crippen molar-refractivity contribution in [3.05, 3.63) is 56.7 Å². The zero-order valence-corrected chi connectivity index (χ0v) is 21.6. The number of benzene rings is 2. The number of carbonyl (C=O) groups excluding carboxylic acids is 2. The monoisotopic (exact) mass is 554 g/mol. The van der Waals surface area contributed by atoms with Gasteiger partial charge in [-0.2, -0.15) is 0 Å². The minimum absolute atomic E-state index is 0.0339. The van der Waals surface area contributed by atoms with E-state index in [1.807, 2.05) is 52.0 Å². The lowest BCUT2D eigenvalue weighted by Gasteiger charge is -2.14. The molecule has 0 bridgehead atoms. The Morgan fingerprint density at radius 1 is 0.812 bits per heavy atom. The van der Waals surface area contributed by atoms with Crippen molar-refractivity contribution in [3.8, 4) is 11.5 Å². The lowest BCUT2D eigenvalue weighted by atomic mass is 10.1. The third-order valence-corrected chi connectivity index (χ3v) is 5.21. The summed E-state index contributed by atoms with van der Waals surface area (Å²) in [7, 11) is 2.75. The van der Waals surface area contributed by atoms with Gasteiger partial charge in [0.05, 0.1) is 26.4 Å². The Labute approximate surface area is 203 Å². The van der Waals surface area contributed by atoms with E-state index in [2.05, 4.69) is 27.3 Å². The van der Waals surface area contributed by atoms with Crippen molar-refractivity contribution in [1.82, 2.24) is 0 Å². The zero-order valence-electron chi connectivity index (χ0n) is 19.4. The van der Waals surface area contributed by atoms with Gasteiger partial charge in [-0.15, -0.1) is 0 Å². The molecule has 7 heteroatoms. The van der Waals surface area contributed by atoms with Crippen LogP contribution in [-0.2, 0) is 9.47 Å². The van der Waals surface area contributed by atoms with E-state index in [1.54, 1.807) is 12.1 Å². The number of esters is 2. The molecule has 6 nitrogen and oxygen atoms in total. The van der Waals surface area contributed by atoms with E-state index in [1.165, 1.54) is 32.6 Å². The third-order valence-electron chi connectivity index (χ3n) is 4.53. The summed E-state index contributed by atoms with van der Waals surface area (Å²) in [5, 5.41) is 0. The Hall–Kier alpha value is -2.29. The highest BCUT2D eigenvalue weighted by atomic mass is 127. The van der Waals surface area contributed by atoms with Gasteiger partial charge < -0.3 is 18.9 Å². The van der Waals surface area contributed by atoms with Gasteiger partial charge in [-0.05, 0) is 105 Å². The molecular formula is C25H31IO6. The second-order valence-electron chi connectivity index (χ2n) is 7.99. The Morgan fingerprint density at radius 3 is 1.72 bits per heavy atom. The molecule has 1 fully saturated rings. The van der Waals surface area contributed by atoms with Crippen LogP contribution >= 0.6 is 22.6 Å². The van der Waals surface area contributed by atoms with E-state index in [0.29, 0.717) is 28.5 Å². The largest absolute Gasteiger partial charge is 0.490 e. The van der Waals surface area contributed by atoms with Crippen molar-refractivity contribution in [2.24, 2.45) is 0 Å². The fraction of sp³-hybridized carbons (Fsp3) is 0.440. The SMILES string of the molecule is COC(=O)c1ccc(C2CC2)cc1OC(C)C.COC(=O)c1ccc(I)cc1OC(C)C. The summed E-state index contributed by atoms with van der Waals surface area (Å²) in [6, 6.07) is 11.2. The second-order valence-corrected chi connectivity index (χ2v) is 9.23. The van der Waals surface area contributed by atoms with Crippen molar-refractivity contribution in [2.75, 3.05) is 14.2 Å². The molecule has 0 heterocycles. The first-order valence-corrected chi connectivity index (χ1v) is 11.7. The lowest BCUT2D eigenvalue weighted by molar-refractivity contribution is 0.0584. The van der Waals surface area contributed by atoms with Gasteiger partial charge in [0.25, 0.3) is 0 Å². The lowest BCUT2D eigenvalue weighted by Crippen LogP contribution is -2.11. The number of methoxy groups -OCH3 is 2. The molecule has 0 atom stereocenters. The van der Waals surface area contributed by atoms with Gasteiger partial charge in [-0.25, -0.2) is 9.59 Å². The Kier molecular flexibility index (Phi) is 9.81. The molecule has 1 aliphatic carbocycles. The van der Waals surface area contributed by atoms with Crippen molar-refractivity contribution in [3.63, 3.8) is 0 Å². The van der Waals surface area contributed by atoms with Gasteiger partial charge in [0.15, 0.2) is 0 Å². The van der Waals surface area contributed by atoms with Crippen LogP contribution in [0.2, 0.25) is 0 Å². The van der Waals surface area contributed by atoms with Gasteiger partial charge in [0.2, 0.25) is 0 Å². The molecule has 3 rings (SSSR count). The molecule has 1 aliphatic rings. The van der Waals surface area contributed by atoms with Gasteiger partial charge in [-0.1, -0.05) is 6.07 Å². The molecule has 174 valence electrons. The predicted molar refractivity (Wildman–Crippen MR) is 132 cm³/mol. The summed E-state index contributed by atoms with van der Waals surface area (Å²) in [4.78, 5) is 23.0. The van der Waals surface area contributed by atoms with Crippen LogP contribution < -0.4 is 9.47 Å².